The highest BCUT2D eigenvalue weighted by molar-refractivity contribution is 7.97. The number of fused-ring (bicyclic) bond motifs is 1. The van der Waals surface area contributed by atoms with Crippen molar-refractivity contribution in [3.05, 3.63) is 106 Å². The Morgan fingerprint density at radius 1 is 1.00 bits per heavy atom. The number of nitrogens with one attached hydrogen (secondary N) is 1. The van der Waals surface area contributed by atoms with Crippen molar-refractivity contribution in [2.45, 2.75) is 11.7 Å². The Bertz CT molecular complexity index is 1140. The van der Waals surface area contributed by atoms with E-state index in [1.807, 2.05) is 48.2 Å². The number of halogens is 1. The van der Waals surface area contributed by atoms with Crippen molar-refractivity contribution in [3.8, 4) is 6.07 Å². The fraction of sp³-hybridized carbons (Fsp3) is 0.125. The average molecular weight is 403 g/mol. The maximum Gasteiger partial charge on any atom is 0.0991 e. The van der Waals surface area contributed by atoms with Crippen molar-refractivity contribution in [1.82, 2.24) is 4.98 Å². The van der Waals surface area contributed by atoms with Gasteiger partial charge < -0.3 is 4.98 Å². The lowest BCUT2D eigenvalue weighted by molar-refractivity contribution is 0.987. The van der Waals surface area contributed by atoms with Gasteiger partial charge in [-0.05, 0) is 52.8 Å². The molecule has 0 aliphatic heterocycles. The van der Waals surface area contributed by atoms with Gasteiger partial charge >= 0.3 is 0 Å². The van der Waals surface area contributed by atoms with Gasteiger partial charge in [0.15, 0.2) is 0 Å². The van der Waals surface area contributed by atoms with Gasteiger partial charge in [0.1, 0.15) is 0 Å². The molecule has 1 unspecified atom stereocenters. The largest absolute Gasteiger partial charge is 0.361 e. The van der Waals surface area contributed by atoms with Crippen LogP contribution < -0.4 is 0 Å². The van der Waals surface area contributed by atoms with E-state index in [0.29, 0.717) is 5.56 Å². The van der Waals surface area contributed by atoms with Crippen molar-refractivity contribution in [2.75, 3.05) is 6.26 Å². The van der Waals surface area contributed by atoms with Gasteiger partial charge in [0.05, 0.1) is 11.6 Å². The molecule has 0 radical (unpaired) electrons. The van der Waals surface area contributed by atoms with E-state index in [1.54, 1.807) is 0 Å². The summed E-state index contributed by atoms with van der Waals surface area (Å²) in [5, 5.41) is 11.1. The highest BCUT2D eigenvalue weighted by Gasteiger charge is 2.21. The van der Waals surface area contributed by atoms with Gasteiger partial charge in [-0.25, -0.2) is 0 Å². The first-order valence-electron chi connectivity index (χ1n) is 9.04. The fourth-order valence-corrected chi connectivity index (χ4v) is 4.39. The van der Waals surface area contributed by atoms with Crippen LogP contribution in [-0.2, 0) is 5.75 Å². The molecule has 4 rings (SSSR count). The second-order valence-corrected chi connectivity index (χ2v) is 8.04. The second-order valence-electron chi connectivity index (χ2n) is 6.74. The zero-order chi connectivity index (χ0) is 19.5. The van der Waals surface area contributed by atoms with Crippen LogP contribution in [0.25, 0.3) is 10.9 Å². The molecule has 0 saturated heterocycles. The molecule has 28 heavy (non-hydrogen) atoms. The van der Waals surface area contributed by atoms with Crippen molar-refractivity contribution in [1.29, 1.82) is 5.26 Å². The van der Waals surface area contributed by atoms with Crippen LogP contribution in [0.2, 0.25) is 5.02 Å². The molecule has 138 valence electrons. The predicted molar refractivity (Wildman–Crippen MR) is 119 cm³/mol. The molecule has 1 N–H and O–H groups in total. The first-order chi connectivity index (χ1) is 13.7. The summed E-state index contributed by atoms with van der Waals surface area (Å²) in [6.45, 7) is 0. The summed E-state index contributed by atoms with van der Waals surface area (Å²) >= 11 is 7.95. The topological polar surface area (TPSA) is 39.6 Å². The molecule has 3 aromatic carbocycles. The Morgan fingerprint density at radius 2 is 1.68 bits per heavy atom. The molecule has 0 aliphatic carbocycles. The van der Waals surface area contributed by atoms with Gasteiger partial charge in [-0.1, -0.05) is 54.1 Å². The van der Waals surface area contributed by atoms with E-state index in [9.17, 15) is 0 Å². The quantitative estimate of drug-likeness (QED) is 0.401. The molecule has 1 aromatic heterocycles. The molecule has 0 spiro atoms. The molecule has 1 heterocycles. The molecule has 0 bridgehead atoms. The van der Waals surface area contributed by atoms with E-state index in [2.05, 4.69) is 53.8 Å². The Hall–Kier alpha value is -2.67. The summed E-state index contributed by atoms with van der Waals surface area (Å²) in [6.07, 6.45) is 4.24. The Labute approximate surface area is 174 Å². The van der Waals surface area contributed by atoms with E-state index in [-0.39, 0.29) is 5.92 Å². The number of aromatic amines is 1. The number of aromatic nitrogens is 1. The predicted octanol–water partition coefficient (Wildman–Crippen LogP) is 6.74. The number of para-hydroxylation sites is 1. The number of hydrogen-bond donors (Lipinski definition) is 1. The minimum atomic E-state index is 0.0586. The van der Waals surface area contributed by atoms with Crippen LogP contribution in [0.3, 0.4) is 0 Å². The van der Waals surface area contributed by atoms with Crippen LogP contribution in [-0.4, -0.2) is 11.2 Å². The van der Waals surface area contributed by atoms with Crippen LogP contribution >= 0.6 is 23.4 Å². The normalized spacial score (nSPS) is 12.0. The van der Waals surface area contributed by atoms with Crippen LogP contribution in [0.5, 0.6) is 0 Å². The third kappa shape index (κ3) is 3.54. The minimum Gasteiger partial charge on any atom is -0.361 e. The van der Waals surface area contributed by atoms with Crippen molar-refractivity contribution < 1.29 is 0 Å². The SMILES string of the molecule is CSCc1cccc2c(C(c3ccc(Cl)cc3)c3ccc(C#N)cc3)c[nH]c12. The third-order valence-electron chi connectivity index (χ3n) is 5.02. The van der Waals surface area contributed by atoms with Gasteiger partial charge in [0.25, 0.3) is 0 Å². The van der Waals surface area contributed by atoms with Gasteiger partial charge in [-0.2, -0.15) is 17.0 Å². The first kappa shape index (κ1) is 18.7. The van der Waals surface area contributed by atoms with E-state index in [4.69, 9.17) is 16.9 Å². The monoisotopic (exact) mass is 402 g/mol. The van der Waals surface area contributed by atoms with Crippen molar-refractivity contribution in [2.24, 2.45) is 0 Å². The molecule has 1 atom stereocenters. The lowest BCUT2D eigenvalue weighted by Gasteiger charge is -2.18. The molecule has 4 aromatic rings. The number of hydrogen-bond acceptors (Lipinski definition) is 2. The van der Waals surface area contributed by atoms with Gasteiger partial charge in [0, 0.05) is 33.8 Å². The van der Waals surface area contributed by atoms with Gasteiger partial charge in [-0.3, -0.25) is 0 Å². The Morgan fingerprint density at radius 3 is 2.32 bits per heavy atom. The molecular weight excluding hydrogens is 384 g/mol. The number of H-pyrrole nitrogens is 1. The summed E-state index contributed by atoms with van der Waals surface area (Å²) in [4.78, 5) is 3.50. The molecule has 0 saturated carbocycles. The summed E-state index contributed by atoms with van der Waals surface area (Å²) < 4.78 is 0. The standard InChI is InChI=1S/C24H19ClN2S/c1-28-15-19-3-2-4-21-22(14-27-24(19)21)23(18-9-11-20(25)12-10-18)17-7-5-16(13-26)6-8-17/h2-12,14,23,27H,15H2,1H3. The second kappa shape index (κ2) is 8.14. The average Bonchev–Trinajstić information content (AvgIpc) is 3.15. The van der Waals surface area contributed by atoms with E-state index < -0.39 is 0 Å². The van der Waals surface area contributed by atoms with E-state index in [0.717, 1.165) is 16.3 Å². The van der Waals surface area contributed by atoms with Crippen LogP contribution in [0, 0.1) is 11.3 Å². The van der Waals surface area contributed by atoms with E-state index >= 15 is 0 Å². The lowest BCUT2D eigenvalue weighted by atomic mass is 9.84. The molecule has 4 heteroatoms. The summed E-state index contributed by atoms with van der Waals surface area (Å²) in [5.74, 6) is 1.03. The van der Waals surface area contributed by atoms with Crippen LogP contribution in [0.4, 0.5) is 0 Å². The maximum atomic E-state index is 9.15. The smallest absolute Gasteiger partial charge is 0.0991 e. The van der Waals surface area contributed by atoms with Crippen molar-refractivity contribution >= 4 is 34.3 Å². The molecule has 2 nitrogen and oxygen atoms in total. The van der Waals surface area contributed by atoms with Gasteiger partial charge in [-0.15, -0.1) is 0 Å². The highest BCUT2D eigenvalue weighted by Crippen LogP contribution is 2.37. The zero-order valence-corrected chi connectivity index (χ0v) is 17.0. The summed E-state index contributed by atoms with van der Waals surface area (Å²) in [7, 11) is 0. The Kier molecular flexibility index (Phi) is 5.43. The summed E-state index contributed by atoms with van der Waals surface area (Å²) in [6, 6.07) is 24.6. The number of rotatable bonds is 5. The third-order valence-corrected chi connectivity index (χ3v) is 5.87. The molecule has 0 aliphatic rings. The summed E-state index contributed by atoms with van der Waals surface area (Å²) in [5.41, 5.74) is 6.72. The number of nitrogens with zero attached hydrogens (tertiary/aromatic N) is 1. The maximum absolute atomic E-state index is 9.15. The van der Waals surface area contributed by atoms with Gasteiger partial charge in [0.2, 0.25) is 0 Å². The van der Waals surface area contributed by atoms with Crippen molar-refractivity contribution in [3.63, 3.8) is 0 Å². The number of thioether (sulfide) groups is 1. The number of benzene rings is 3. The van der Waals surface area contributed by atoms with Crippen LogP contribution in [0.15, 0.2) is 72.9 Å². The number of nitriles is 1. The van der Waals surface area contributed by atoms with Crippen LogP contribution in [0.1, 0.15) is 33.7 Å². The zero-order valence-electron chi connectivity index (χ0n) is 15.4. The first-order valence-corrected chi connectivity index (χ1v) is 10.8. The minimum absolute atomic E-state index is 0.0586. The Balaban J connectivity index is 1.90. The highest BCUT2D eigenvalue weighted by atomic mass is 35.5. The lowest BCUT2D eigenvalue weighted by Crippen LogP contribution is -2.03. The molecule has 0 amide bonds. The van der Waals surface area contributed by atoms with E-state index in [1.165, 1.54) is 27.6 Å². The fourth-order valence-electron chi connectivity index (χ4n) is 3.71. The molecule has 0 fully saturated rings. The molecular formula is C24H19ClN2S.